The number of quaternary nitrogens is 1. The van der Waals surface area contributed by atoms with E-state index in [2.05, 4.69) is 90.6 Å². The van der Waals surface area contributed by atoms with Crippen molar-refractivity contribution < 1.29 is 9.22 Å². The van der Waals surface area contributed by atoms with E-state index in [1.165, 1.54) is 27.8 Å². The third kappa shape index (κ3) is 3.54. The smallest absolute Gasteiger partial charge is 0.181 e. The highest BCUT2D eigenvalue weighted by Crippen LogP contribution is 2.57. The lowest BCUT2D eigenvalue weighted by Gasteiger charge is -2.39. The lowest BCUT2D eigenvalue weighted by molar-refractivity contribution is -0.912. The van der Waals surface area contributed by atoms with Crippen molar-refractivity contribution in [1.82, 2.24) is 0 Å². The van der Waals surface area contributed by atoms with Crippen LogP contribution in [-0.4, -0.2) is 37.3 Å². The number of hydrogen-bond acceptors (Lipinski definition) is 3. The minimum atomic E-state index is -0.171. The zero-order valence-corrected chi connectivity index (χ0v) is 20.0. The van der Waals surface area contributed by atoms with Crippen LogP contribution in [0, 0.1) is 45.1 Å². The van der Waals surface area contributed by atoms with Crippen molar-refractivity contribution in [3.05, 3.63) is 63.7 Å². The molecule has 31 heavy (non-hydrogen) atoms. The molecule has 2 aliphatic heterocycles. The standard InChI is InChI=1S/C27H36N3O/c1-17-8-9-22(11-18(17)2)26-27(21(5)14-30(26,6)7)13-23(15-31-27)24-12-25(29-16-28)20(4)10-19(24)3/h8-12,21,23,26,29H,13-15H2,1-7H3/q+1. The van der Waals surface area contributed by atoms with Gasteiger partial charge in [0.05, 0.1) is 32.9 Å². The highest BCUT2D eigenvalue weighted by Gasteiger charge is 2.63. The van der Waals surface area contributed by atoms with Crippen LogP contribution in [0.1, 0.15) is 58.7 Å². The Hall–Kier alpha value is -2.35. The van der Waals surface area contributed by atoms with Gasteiger partial charge in [0.25, 0.3) is 0 Å². The fourth-order valence-electron chi connectivity index (χ4n) is 6.44. The van der Waals surface area contributed by atoms with Crippen molar-refractivity contribution in [2.24, 2.45) is 5.92 Å². The molecule has 0 amide bonds. The monoisotopic (exact) mass is 418 g/mol. The van der Waals surface area contributed by atoms with Gasteiger partial charge in [-0.15, -0.1) is 0 Å². The van der Waals surface area contributed by atoms with Gasteiger partial charge in [-0.05, 0) is 74.1 Å². The van der Waals surface area contributed by atoms with Crippen LogP contribution < -0.4 is 5.32 Å². The molecular weight excluding hydrogens is 382 g/mol. The van der Waals surface area contributed by atoms with E-state index >= 15 is 0 Å². The van der Waals surface area contributed by atoms with Gasteiger partial charge in [-0.25, -0.2) is 0 Å². The summed E-state index contributed by atoms with van der Waals surface area (Å²) in [4.78, 5) is 0. The molecule has 1 spiro atoms. The summed E-state index contributed by atoms with van der Waals surface area (Å²) in [6, 6.07) is 11.6. The van der Waals surface area contributed by atoms with Gasteiger partial charge in [0.2, 0.25) is 0 Å². The Balaban J connectivity index is 1.74. The number of aryl methyl sites for hydroxylation is 4. The van der Waals surface area contributed by atoms with E-state index in [1.807, 2.05) is 0 Å². The average Bonchev–Trinajstić information content (AvgIpc) is 3.19. The van der Waals surface area contributed by atoms with E-state index in [0.717, 1.165) is 35.3 Å². The Kier molecular flexibility index (Phi) is 5.40. The Morgan fingerprint density at radius 3 is 2.45 bits per heavy atom. The van der Waals surface area contributed by atoms with Crippen LogP contribution in [0.25, 0.3) is 0 Å². The molecule has 4 heteroatoms. The Labute approximate surface area is 187 Å². The van der Waals surface area contributed by atoms with Crippen LogP contribution in [0.4, 0.5) is 5.69 Å². The van der Waals surface area contributed by atoms with E-state index in [1.54, 1.807) is 0 Å². The van der Waals surface area contributed by atoms with Gasteiger partial charge >= 0.3 is 0 Å². The van der Waals surface area contributed by atoms with Gasteiger partial charge in [-0.1, -0.05) is 25.1 Å². The molecule has 2 heterocycles. The zero-order valence-electron chi connectivity index (χ0n) is 20.0. The quantitative estimate of drug-likeness (QED) is 0.405. The highest BCUT2D eigenvalue weighted by atomic mass is 16.5. The van der Waals surface area contributed by atoms with Crippen LogP contribution in [0.15, 0.2) is 30.3 Å². The molecule has 2 aromatic rings. The normalized spacial score (nSPS) is 29.3. The zero-order chi connectivity index (χ0) is 22.6. The lowest BCUT2D eigenvalue weighted by atomic mass is 9.76. The Bertz CT molecular complexity index is 1050. The van der Waals surface area contributed by atoms with Crippen LogP contribution in [0.3, 0.4) is 0 Å². The fraction of sp³-hybridized carbons (Fsp3) is 0.519. The first-order valence-electron chi connectivity index (χ1n) is 11.4. The van der Waals surface area contributed by atoms with E-state index in [9.17, 15) is 0 Å². The van der Waals surface area contributed by atoms with Crippen molar-refractivity contribution in [2.45, 2.75) is 58.6 Å². The summed E-state index contributed by atoms with van der Waals surface area (Å²) in [5, 5.41) is 12.0. The van der Waals surface area contributed by atoms with Gasteiger partial charge in [-0.2, -0.15) is 5.26 Å². The molecule has 0 bridgehead atoms. The third-order valence-electron chi connectivity index (χ3n) is 7.95. The number of likely N-dealkylation sites (N-methyl/N-ethyl adjacent to an activating group) is 1. The second-order valence-corrected chi connectivity index (χ2v) is 10.5. The molecule has 0 saturated carbocycles. The molecule has 0 aliphatic carbocycles. The first-order valence-corrected chi connectivity index (χ1v) is 11.4. The maximum absolute atomic E-state index is 9.14. The first kappa shape index (κ1) is 21.9. The maximum Gasteiger partial charge on any atom is 0.181 e. The molecule has 1 N–H and O–H groups in total. The molecule has 4 rings (SSSR count). The molecule has 4 atom stereocenters. The molecule has 2 aliphatic rings. The molecule has 164 valence electrons. The summed E-state index contributed by atoms with van der Waals surface area (Å²) in [5.74, 6) is 0.816. The number of likely N-dealkylation sites (tertiary alicyclic amines) is 1. The van der Waals surface area contributed by atoms with Crippen molar-refractivity contribution in [2.75, 3.05) is 32.6 Å². The molecular formula is C27H36N3O+. The second kappa shape index (κ2) is 7.65. The largest absolute Gasteiger partial charge is 0.367 e. The van der Waals surface area contributed by atoms with Crippen LogP contribution in [-0.2, 0) is 4.74 Å². The minimum Gasteiger partial charge on any atom is -0.367 e. The van der Waals surface area contributed by atoms with Crippen molar-refractivity contribution in [3.63, 3.8) is 0 Å². The molecule has 0 aromatic heterocycles. The number of nitrogens with one attached hydrogen (secondary N) is 1. The van der Waals surface area contributed by atoms with Gasteiger partial charge in [0.15, 0.2) is 6.19 Å². The van der Waals surface area contributed by atoms with Crippen LogP contribution >= 0.6 is 0 Å². The minimum absolute atomic E-state index is 0.171. The molecule has 4 unspecified atom stereocenters. The Morgan fingerprint density at radius 1 is 1.03 bits per heavy atom. The summed E-state index contributed by atoms with van der Waals surface area (Å²) in [7, 11) is 4.71. The van der Waals surface area contributed by atoms with E-state index in [0.29, 0.717) is 17.9 Å². The number of anilines is 1. The Morgan fingerprint density at radius 2 is 1.77 bits per heavy atom. The third-order valence-corrected chi connectivity index (χ3v) is 7.95. The van der Waals surface area contributed by atoms with E-state index in [4.69, 9.17) is 10.00 Å². The summed E-state index contributed by atoms with van der Waals surface area (Å²) in [6.07, 6.45) is 3.10. The SMILES string of the molecule is Cc1ccc(C2C3(CC(c4cc(NC#N)c(C)cc4C)CO3)C(C)C[N+]2(C)C)cc1C. The fourth-order valence-corrected chi connectivity index (χ4v) is 6.44. The van der Waals surface area contributed by atoms with Gasteiger partial charge in [0, 0.05) is 17.4 Å². The predicted octanol–water partition coefficient (Wildman–Crippen LogP) is 5.52. The molecule has 4 nitrogen and oxygen atoms in total. The number of benzene rings is 2. The van der Waals surface area contributed by atoms with Crippen molar-refractivity contribution >= 4 is 5.69 Å². The topological polar surface area (TPSA) is 45.0 Å². The summed E-state index contributed by atoms with van der Waals surface area (Å²) >= 11 is 0. The van der Waals surface area contributed by atoms with Crippen molar-refractivity contribution in [1.29, 1.82) is 5.26 Å². The van der Waals surface area contributed by atoms with Gasteiger partial charge < -0.3 is 9.22 Å². The van der Waals surface area contributed by atoms with Crippen LogP contribution in [0.5, 0.6) is 0 Å². The summed E-state index contributed by atoms with van der Waals surface area (Å²) in [6.45, 7) is 12.8. The molecule has 2 saturated heterocycles. The second-order valence-electron chi connectivity index (χ2n) is 10.5. The van der Waals surface area contributed by atoms with E-state index in [-0.39, 0.29) is 5.60 Å². The number of rotatable bonds is 3. The number of nitriles is 1. The first-order chi connectivity index (χ1) is 14.6. The van der Waals surface area contributed by atoms with E-state index < -0.39 is 0 Å². The number of nitrogens with zero attached hydrogens (tertiary/aromatic N) is 2. The summed E-state index contributed by atoms with van der Waals surface area (Å²) < 4.78 is 7.79. The molecule has 0 radical (unpaired) electrons. The summed E-state index contributed by atoms with van der Waals surface area (Å²) in [5.41, 5.74) is 8.52. The molecule has 2 fully saturated rings. The predicted molar refractivity (Wildman–Crippen MR) is 126 cm³/mol. The number of hydrogen-bond donors (Lipinski definition) is 1. The van der Waals surface area contributed by atoms with Gasteiger partial charge in [-0.3, -0.25) is 5.32 Å². The van der Waals surface area contributed by atoms with Crippen LogP contribution in [0.2, 0.25) is 0 Å². The lowest BCUT2D eigenvalue weighted by Crippen LogP contribution is -2.46. The maximum atomic E-state index is 9.14. The number of ether oxygens (including phenoxy) is 1. The van der Waals surface area contributed by atoms with Gasteiger partial charge in [0.1, 0.15) is 11.6 Å². The average molecular weight is 419 g/mol. The highest BCUT2D eigenvalue weighted by molar-refractivity contribution is 5.58. The van der Waals surface area contributed by atoms with Crippen molar-refractivity contribution in [3.8, 4) is 6.19 Å². The molecule has 2 aromatic carbocycles.